The third kappa shape index (κ3) is 5.51. The summed E-state index contributed by atoms with van der Waals surface area (Å²) in [6, 6.07) is 5.07. The number of nitrogens with zero attached hydrogens (tertiary/aromatic N) is 1. The number of allylic oxidation sites excluding steroid dienone is 7. The molecule has 4 atom stereocenters. The number of aromatic hydroxyl groups is 1. The molecule has 0 spiro atoms. The first-order valence-electron chi connectivity index (χ1n) is 14.1. The summed E-state index contributed by atoms with van der Waals surface area (Å²) in [7, 11) is 1.36. The van der Waals surface area contributed by atoms with Crippen molar-refractivity contribution in [2.24, 2.45) is 23.7 Å². The minimum Gasteiger partial charge on any atom is -0.504 e. The Morgan fingerprint density at radius 2 is 1.60 bits per heavy atom. The van der Waals surface area contributed by atoms with Crippen LogP contribution < -0.4 is 9.64 Å². The predicted octanol–water partition coefficient (Wildman–Crippen LogP) is 6.95. The number of carbonyl (C=O) groups is 4. The molecule has 0 aromatic heterocycles. The van der Waals surface area contributed by atoms with E-state index in [1.807, 2.05) is 0 Å². The monoisotopic (exact) mass is 721 g/mol. The zero-order valence-corrected chi connectivity index (χ0v) is 25.7. The number of methoxy groups -OCH3 is 1. The Labute approximate surface area is 271 Å². The van der Waals surface area contributed by atoms with E-state index in [4.69, 9.17) is 4.74 Å². The van der Waals surface area contributed by atoms with Gasteiger partial charge < -0.3 is 9.84 Å². The van der Waals surface area contributed by atoms with Crippen LogP contribution in [0.15, 0.2) is 75.8 Å². The average Bonchev–Trinajstić information content (AvgIpc) is 3.27. The van der Waals surface area contributed by atoms with Gasteiger partial charge in [0.2, 0.25) is 11.8 Å². The quantitative estimate of drug-likeness (QED) is 0.159. The lowest BCUT2D eigenvalue weighted by Gasteiger charge is -2.41. The van der Waals surface area contributed by atoms with E-state index in [2.05, 4.69) is 15.9 Å². The summed E-state index contributed by atoms with van der Waals surface area (Å²) in [4.78, 5) is 54.5. The number of imide groups is 1. The molecule has 4 unspecified atom stereocenters. The Morgan fingerprint density at radius 3 is 2.21 bits per heavy atom. The van der Waals surface area contributed by atoms with E-state index >= 15 is 0 Å². The highest BCUT2D eigenvalue weighted by molar-refractivity contribution is 9.12. The largest absolute Gasteiger partial charge is 0.504 e. The lowest BCUT2D eigenvalue weighted by molar-refractivity contribution is -0.143. The number of amides is 2. The van der Waals surface area contributed by atoms with Gasteiger partial charge in [-0.25, -0.2) is 4.90 Å². The number of anilines is 1. The first-order chi connectivity index (χ1) is 22.0. The van der Waals surface area contributed by atoms with E-state index in [1.54, 1.807) is 24.3 Å². The van der Waals surface area contributed by atoms with Crippen LogP contribution in [-0.4, -0.2) is 35.6 Å². The number of rotatable bonds is 4. The van der Waals surface area contributed by atoms with Gasteiger partial charge in [0.1, 0.15) is 0 Å². The molecule has 3 aliphatic carbocycles. The molecule has 47 heavy (non-hydrogen) atoms. The number of carbonyl (C=O) groups excluding carboxylic acids is 4. The van der Waals surface area contributed by atoms with E-state index in [1.165, 1.54) is 19.2 Å². The molecule has 1 N–H and O–H groups in total. The zero-order chi connectivity index (χ0) is 34.2. The highest BCUT2D eigenvalue weighted by atomic mass is 79.9. The van der Waals surface area contributed by atoms with Gasteiger partial charge in [0.15, 0.2) is 23.1 Å². The van der Waals surface area contributed by atoms with Crippen molar-refractivity contribution in [3.8, 4) is 11.5 Å². The van der Waals surface area contributed by atoms with Crippen molar-refractivity contribution in [1.29, 1.82) is 0 Å². The summed E-state index contributed by atoms with van der Waals surface area (Å²) in [6.45, 7) is 0. The second-order valence-electron chi connectivity index (χ2n) is 11.5. The SMILES string of the molecule is COc1cc(C=CC2C3=CCC4C(=O)N(c5cc(C(F)(F)F)cc(C(F)(F)F)c5)C(=O)C4C3CC3=C2C(=O)C=C(Br)C3=O)ccc1O. The Balaban J connectivity index is 1.43. The molecule has 7 nitrogen and oxygen atoms in total. The number of Topliss-reactive ketones (excluding diaryl/α,β-unsaturated/α-hetero) is 1. The van der Waals surface area contributed by atoms with Crippen LogP contribution in [0.1, 0.15) is 29.5 Å². The predicted molar refractivity (Wildman–Crippen MR) is 158 cm³/mol. The molecule has 2 aromatic carbocycles. The van der Waals surface area contributed by atoms with Crippen LogP contribution in [-0.2, 0) is 31.5 Å². The molecule has 1 fully saturated rings. The zero-order valence-electron chi connectivity index (χ0n) is 24.1. The van der Waals surface area contributed by atoms with E-state index in [9.17, 15) is 50.6 Å². The minimum absolute atomic E-state index is 0.0221. The standard InChI is InChI=1S/C33H22BrF6NO6/c1-47-26-8-14(3-7-24(26)42)2-4-19-18-5-6-20-28(21(18)12-22-27(19)25(43)13-23(34)29(22)44)31(46)41(30(20)45)17-10-15(32(35,36)37)9-16(11-17)33(38,39)40/h2-5,7-11,13,19-21,28,42H,6,12H2,1H3. The topological polar surface area (TPSA) is 101 Å². The third-order valence-corrected chi connectivity index (χ3v) is 9.48. The van der Waals surface area contributed by atoms with Gasteiger partial charge >= 0.3 is 12.4 Å². The van der Waals surface area contributed by atoms with Crippen molar-refractivity contribution in [1.82, 2.24) is 0 Å². The highest BCUT2D eigenvalue weighted by Crippen LogP contribution is 2.54. The van der Waals surface area contributed by atoms with Crippen molar-refractivity contribution < 1.29 is 55.4 Å². The molecular weight excluding hydrogens is 700 g/mol. The Hall–Kier alpha value is -4.46. The van der Waals surface area contributed by atoms with Crippen LogP contribution in [0.5, 0.6) is 11.5 Å². The summed E-state index contributed by atoms with van der Waals surface area (Å²) in [5, 5.41) is 9.96. The Bertz CT molecular complexity index is 1860. The summed E-state index contributed by atoms with van der Waals surface area (Å²) in [6.07, 6.45) is -4.62. The lowest BCUT2D eigenvalue weighted by atomic mass is 9.61. The number of alkyl halides is 6. The van der Waals surface area contributed by atoms with Crippen molar-refractivity contribution in [2.45, 2.75) is 25.2 Å². The molecule has 14 heteroatoms. The van der Waals surface area contributed by atoms with Gasteiger partial charge in [-0.1, -0.05) is 29.9 Å². The number of phenols is 1. The maximum atomic E-state index is 14.0. The fourth-order valence-corrected chi connectivity index (χ4v) is 7.26. The van der Waals surface area contributed by atoms with Crippen molar-refractivity contribution in [3.05, 3.63) is 92.5 Å². The van der Waals surface area contributed by atoms with Crippen LogP contribution in [0, 0.1) is 23.7 Å². The summed E-state index contributed by atoms with van der Waals surface area (Å²) in [5.41, 5.74) is -2.91. The lowest BCUT2D eigenvalue weighted by Crippen LogP contribution is -2.40. The number of phenolic OH excluding ortho intramolecular Hbond substituents is 1. The molecular formula is C33H22BrF6NO6. The molecule has 0 saturated carbocycles. The number of hydrogen-bond acceptors (Lipinski definition) is 6. The second-order valence-corrected chi connectivity index (χ2v) is 12.4. The van der Waals surface area contributed by atoms with Crippen LogP contribution in [0.2, 0.25) is 0 Å². The van der Waals surface area contributed by atoms with Crippen molar-refractivity contribution in [3.63, 3.8) is 0 Å². The van der Waals surface area contributed by atoms with Crippen molar-refractivity contribution in [2.75, 3.05) is 12.0 Å². The summed E-state index contributed by atoms with van der Waals surface area (Å²) < 4.78 is 86.9. The maximum Gasteiger partial charge on any atom is 0.416 e. The van der Waals surface area contributed by atoms with Gasteiger partial charge in [-0.3, -0.25) is 19.2 Å². The summed E-state index contributed by atoms with van der Waals surface area (Å²) >= 11 is 3.10. The third-order valence-electron chi connectivity index (χ3n) is 8.89. The van der Waals surface area contributed by atoms with E-state index in [-0.39, 0.29) is 46.0 Å². The number of hydrogen-bond donors (Lipinski definition) is 1. The molecule has 1 heterocycles. The Kier molecular flexibility index (Phi) is 7.85. The minimum atomic E-state index is -5.20. The number of benzene rings is 2. The number of halogens is 7. The smallest absolute Gasteiger partial charge is 0.416 e. The fourth-order valence-electron chi connectivity index (χ4n) is 6.81. The first-order valence-corrected chi connectivity index (χ1v) is 14.9. The van der Waals surface area contributed by atoms with E-state index < -0.39 is 76.2 Å². The molecule has 1 saturated heterocycles. The van der Waals surface area contributed by atoms with Crippen LogP contribution in [0.3, 0.4) is 0 Å². The molecule has 2 aromatic rings. The number of fused-ring (bicyclic) bond motifs is 3. The van der Waals surface area contributed by atoms with Gasteiger partial charge in [0, 0.05) is 23.1 Å². The van der Waals surface area contributed by atoms with Gasteiger partial charge in [-0.15, -0.1) is 0 Å². The molecule has 4 aliphatic rings. The summed E-state index contributed by atoms with van der Waals surface area (Å²) in [5.74, 6) is -6.98. The van der Waals surface area contributed by atoms with Crippen LogP contribution in [0.25, 0.3) is 6.08 Å². The Morgan fingerprint density at radius 1 is 0.936 bits per heavy atom. The number of ketones is 2. The van der Waals surface area contributed by atoms with Gasteiger partial charge in [0.05, 0.1) is 40.2 Å². The van der Waals surface area contributed by atoms with Gasteiger partial charge in [-0.05, 0) is 70.6 Å². The molecule has 6 rings (SSSR count). The first kappa shape index (κ1) is 32.5. The number of ether oxygens (including phenoxy) is 1. The van der Waals surface area contributed by atoms with Gasteiger partial charge in [0.25, 0.3) is 0 Å². The maximum absolute atomic E-state index is 14.0. The van der Waals surface area contributed by atoms with E-state index in [0.29, 0.717) is 28.2 Å². The fraction of sp³-hybridized carbons (Fsp3) is 0.273. The van der Waals surface area contributed by atoms with E-state index in [0.717, 1.165) is 6.08 Å². The normalized spacial score (nSPS) is 24.7. The van der Waals surface area contributed by atoms with Gasteiger partial charge in [-0.2, -0.15) is 26.3 Å². The van der Waals surface area contributed by atoms with Crippen LogP contribution >= 0.6 is 15.9 Å². The molecule has 0 bridgehead atoms. The molecule has 0 radical (unpaired) electrons. The second kappa shape index (κ2) is 11.4. The molecule has 2 amide bonds. The molecule has 1 aliphatic heterocycles. The van der Waals surface area contributed by atoms with Crippen molar-refractivity contribution >= 4 is 51.1 Å². The van der Waals surface area contributed by atoms with Crippen LogP contribution in [0.4, 0.5) is 32.0 Å². The highest BCUT2D eigenvalue weighted by Gasteiger charge is 2.56. The molecule has 244 valence electrons. The average molecular weight is 722 g/mol.